The number of aliphatic hydroxyl groups excluding tert-OH is 1. The molecule has 2 fully saturated rings. The molecule has 1 unspecified atom stereocenters. The second kappa shape index (κ2) is 13.8. The molecule has 0 aromatic heterocycles. The molecule has 4 rings (SSSR count). The number of allylic oxidation sites excluding steroid dienone is 4. The summed E-state index contributed by atoms with van der Waals surface area (Å²) in [6, 6.07) is 5.58. The van der Waals surface area contributed by atoms with E-state index in [1.807, 2.05) is 29.5 Å². The van der Waals surface area contributed by atoms with Gasteiger partial charge in [0.25, 0.3) is 0 Å². The van der Waals surface area contributed by atoms with Gasteiger partial charge in [-0.1, -0.05) is 60.7 Å². The molecule has 3 atom stereocenters. The van der Waals surface area contributed by atoms with Crippen molar-refractivity contribution in [3.05, 3.63) is 94.7 Å². The van der Waals surface area contributed by atoms with Crippen LogP contribution in [-0.2, 0) is 4.74 Å². The maximum Gasteiger partial charge on any atom is 0.140 e. The van der Waals surface area contributed by atoms with Crippen LogP contribution in [0.4, 0.5) is 10.1 Å². The lowest BCUT2D eigenvalue weighted by Gasteiger charge is -2.37. The van der Waals surface area contributed by atoms with Gasteiger partial charge in [0, 0.05) is 5.41 Å². The van der Waals surface area contributed by atoms with E-state index in [0.29, 0.717) is 24.6 Å². The minimum Gasteiger partial charge on any atom is -0.394 e. The van der Waals surface area contributed by atoms with E-state index >= 15 is 0 Å². The quantitative estimate of drug-likeness (QED) is 0.178. The summed E-state index contributed by atoms with van der Waals surface area (Å²) in [6.07, 6.45) is 20.7. The minimum absolute atomic E-state index is 0.0181. The molecule has 1 heterocycles. The van der Waals surface area contributed by atoms with E-state index in [4.69, 9.17) is 4.74 Å². The Morgan fingerprint density at radius 3 is 2.77 bits per heavy atom. The van der Waals surface area contributed by atoms with Gasteiger partial charge in [0.15, 0.2) is 0 Å². The predicted octanol–water partition coefficient (Wildman–Crippen LogP) is 7.05. The Kier molecular flexibility index (Phi) is 10.2. The van der Waals surface area contributed by atoms with E-state index < -0.39 is 6.04 Å². The molecule has 1 aliphatic heterocycles. The number of ether oxygens (including phenoxy) is 1. The van der Waals surface area contributed by atoms with E-state index in [1.165, 1.54) is 30.5 Å². The summed E-state index contributed by atoms with van der Waals surface area (Å²) in [6.45, 7) is 7.02. The van der Waals surface area contributed by atoms with E-state index in [9.17, 15) is 14.4 Å². The van der Waals surface area contributed by atoms with Crippen LogP contribution < -0.4 is 5.01 Å². The molecule has 3 aliphatic rings. The van der Waals surface area contributed by atoms with E-state index in [1.54, 1.807) is 12.1 Å². The SMILES string of the molecule is C=C1/C=N\N(c2ccc(F)cc2)C/C=C2/CC[C@H](OC/C=C(/C=C\CC=CCC)C(CO)N=O)[C@@]2(C2CC2)C1. The second-order valence-electron chi connectivity index (χ2n) is 10.6. The molecule has 2 saturated carbocycles. The van der Waals surface area contributed by atoms with Crippen LogP contribution in [0.15, 0.2) is 94.3 Å². The highest BCUT2D eigenvalue weighted by Crippen LogP contribution is 2.61. The first-order valence-electron chi connectivity index (χ1n) is 14.0. The van der Waals surface area contributed by atoms with Gasteiger partial charge in [0.1, 0.15) is 11.9 Å². The van der Waals surface area contributed by atoms with Crippen LogP contribution in [0.1, 0.15) is 51.9 Å². The number of rotatable bonds is 12. The van der Waals surface area contributed by atoms with Gasteiger partial charge in [0.05, 0.1) is 37.8 Å². The zero-order valence-electron chi connectivity index (χ0n) is 22.8. The summed E-state index contributed by atoms with van der Waals surface area (Å²) in [5, 5.41) is 19.4. The lowest BCUT2D eigenvalue weighted by molar-refractivity contribution is -0.00570. The van der Waals surface area contributed by atoms with E-state index in [0.717, 1.165) is 43.4 Å². The number of fused-ring (bicyclic) bond motifs is 1. The smallest absolute Gasteiger partial charge is 0.140 e. The Balaban J connectivity index is 1.54. The monoisotopic (exact) mass is 533 g/mol. The molecule has 39 heavy (non-hydrogen) atoms. The number of nitroso groups, excluding NO2 is 1. The van der Waals surface area contributed by atoms with Gasteiger partial charge >= 0.3 is 0 Å². The van der Waals surface area contributed by atoms with Crippen LogP contribution in [0, 0.1) is 22.1 Å². The molecule has 0 bridgehead atoms. The fourth-order valence-electron chi connectivity index (χ4n) is 5.93. The Bertz CT molecular complexity index is 1150. The van der Waals surface area contributed by atoms with Crippen molar-refractivity contribution in [1.29, 1.82) is 0 Å². The lowest BCUT2D eigenvalue weighted by atomic mass is 9.71. The fourth-order valence-corrected chi connectivity index (χ4v) is 5.93. The predicted molar refractivity (Wildman–Crippen MR) is 156 cm³/mol. The van der Waals surface area contributed by atoms with Crippen molar-refractivity contribution in [2.75, 3.05) is 24.8 Å². The third-order valence-corrected chi connectivity index (χ3v) is 7.97. The van der Waals surface area contributed by atoms with Crippen molar-refractivity contribution in [2.24, 2.45) is 21.6 Å². The zero-order valence-corrected chi connectivity index (χ0v) is 22.8. The van der Waals surface area contributed by atoms with E-state index in [-0.39, 0.29) is 23.9 Å². The molecule has 0 spiro atoms. The highest BCUT2D eigenvalue weighted by Gasteiger charge is 2.56. The van der Waals surface area contributed by atoms with Crippen LogP contribution >= 0.6 is 0 Å². The average molecular weight is 534 g/mol. The van der Waals surface area contributed by atoms with Gasteiger partial charge in [0.2, 0.25) is 0 Å². The summed E-state index contributed by atoms with van der Waals surface area (Å²) < 4.78 is 20.1. The normalized spacial score (nSPS) is 27.1. The van der Waals surface area contributed by atoms with Gasteiger partial charge in [-0.2, -0.15) is 10.0 Å². The van der Waals surface area contributed by atoms with Crippen LogP contribution in [0.5, 0.6) is 0 Å². The van der Waals surface area contributed by atoms with Gasteiger partial charge in [-0.15, -0.1) is 0 Å². The number of halogens is 1. The molecule has 1 N–H and O–H groups in total. The Hall–Kier alpha value is -3.16. The number of aliphatic hydroxyl groups is 1. The first-order valence-corrected chi connectivity index (χ1v) is 14.0. The molecule has 0 saturated heterocycles. The number of hydrogen-bond donors (Lipinski definition) is 1. The molecule has 2 aliphatic carbocycles. The first-order chi connectivity index (χ1) is 19.0. The molecule has 1 aromatic carbocycles. The standard InChI is InChI=1S/C32H40FN3O3/c1-3-4-5-6-7-8-25(30(23-37)35-38)18-20-39-31-16-11-27-17-19-36(29-14-12-28(33)13-15-29)34-22-24(2)21-32(27,31)26-9-10-26/h4-5,7-8,12-15,17-18,22,26,30-31,37H,2-3,6,9-11,16,19-21,23H2,1H3/b5-4?,8-7-,25-18-,27-17-,34-22-/t30?,31-,32+/m0/s1. The maximum atomic E-state index is 13.5. The van der Waals surface area contributed by atoms with Crippen LogP contribution in [0.25, 0.3) is 0 Å². The number of hydrogen-bond acceptors (Lipinski definition) is 6. The largest absolute Gasteiger partial charge is 0.394 e. The first kappa shape index (κ1) is 28.8. The number of hydrazone groups is 1. The van der Waals surface area contributed by atoms with Crippen molar-refractivity contribution in [1.82, 2.24) is 0 Å². The second-order valence-corrected chi connectivity index (χ2v) is 10.6. The van der Waals surface area contributed by atoms with Gasteiger partial charge in [-0.25, -0.2) is 4.39 Å². The number of anilines is 1. The van der Waals surface area contributed by atoms with Gasteiger partial charge in [-0.05, 0) is 86.3 Å². The average Bonchev–Trinajstić information content (AvgIpc) is 3.73. The third kappa shape index (κ3) is 7.08. The Morgan fingerprint density at radius 1 is 1.28 bits per heavy atom. The summed E-state index contributed by atoms with van der Waals surface area (Å²) in [5.41, 5.74) is 3.72. The summed E-state index contributed by atoms with van der Waals surface area (Å²) in [5.74, 6) is 0.267. The van der Waals surface area contributed by atoms with Crippen LogP contribution in [-0.4, -0.2) is 43.2 Å². The molecule has 208 valence electrons. The van der Waals surface area contributed by atoms with Crippen molar-refractivity contribution in [2.45, 2.75) is 64.0 Å². The zero-order chi connectivity index (χ0) is 27.7. The summed E-state index contributed by atoms with van der Waals surface area (Å²) in [4.78, 5) is 11.4. The van der Waals surface area contributed by atoms with Crippen molar-refractivity contribution in [3.8, 4) is 0 Å². The molecular weight excluding hydrogens is 493 g/mol. The van der Waals surface area contributed by atoms with Crippen LogP contribution in [0.2, 0.25) is 0 Å². The number of benzene rings is 1. The third-order valence-electron chi connectivity index (χ3n) is 7.97. The van der Waals surface area contributed by atoms with Crippen molar-refractivity contribution >= 4 is 11.9 Å². The molecule has 0 radical (unpaired) electrons. The summed E-state index contributed by atoms with van der Waals surface area (Å²) in [7, 11) is 0. The maximum absolute atomic E-state index is 13.5. The van der Waals surface area contributed by atoms with E-state index in [2.05, 4.69) is 42.0 Å². The highest BCUT2D eigenvalue weighted by atomic mass is 19.1. The van der Waals surface area contributed by atoms with Gasteiger partial charge in [-0.3, -0.25) is 5.01 Å². The highest BCUT2D eigenvalue weighted by molar-refractivity contribution is 5.79. The molecule has 1 aromatic rings. The Labute approximate surface area is 231 Å². The van der Waals surface area contributed by atoms with Gasteiger partial charge < -0.3 is 9.84 Å². The topological polar surface area (TPSA) is 74.5 Å². The van der Waals surface area contributed by atoms with Crippen molar-refractivity contribution in [3.63, 3.8) is 0 Å². The van der Waals surface area contributed by atoms with Crippen LogP contribution in [0.3, 0.4) is 0 Å². The molecule has 0 amide bonds. The summed E-state index contributed by atoms with van der Waals surface area (Å²) >= 11 is 0. The minimum atomic E-state index is -0.810. The molecular formula is C32H40FN3O3. The fraction of sp³-hybridized carbons (Fsp3) is 0.469. The number of nitrogens with zero attached hydrogens (tertiary/aromatic N) is 3. The van der Waals surface area contributed by atoms with Crippen molar-refractivity contribution < 1.29 is 14.2 Å². The molecule has 6 nitrogen and oxygen atoms in total. The molecule has 7 heteroatoms. The Morgan fingerprint density at radius 2 is 2.08 bits per heavy atom. The lowest BCUT2D eigenvalue weighted by Crippen LogP contribution is -2.36.